The summed E-state index contributed by atoms with van der Waals surface area (Å²) < 4.78 is 18.8. The van der Waals surface area contributed by atoms with Crippen LogP contribution in [0.4, 0.5) is 16.2 Å². The smallest absolute Gasteiger partial charge is 0.309 e. The second kappa shape index (κ2) is 10.9. The minimum absolute atomic E-state index is 0.124. The summed E-state index contributed by atoms with van der Waals surface area (Å²) in [6.45, 7) is 2.42. The molecule has 2 aliphatic rings. The van der Waals surface area contributed by atoms with Crippen molar-refractivity contribution in [2.75, 3.05) is 23.8 Å². The van der Waals surface area contributed by atoms with Crippen LogP contribution in [0.2, 0.25) is 0 Å². The van der Waals surface area contributed by atoms with Crippen LogP contribution in [-0.2, 0) is 16.0 Å². The van der Waals surface area contributed by atoms with Gasteiger partial charge in [-0.1, -0.05) is 6.92 Å². The summed E-state index contributed by atoms with van der Waals surface area (Å²) in [6.07, 6.45) is 7.14. The zero-order valence-corrected chi connectivity index (χ0v) is 19.0. The summed E-state index contributed by atoms with van der Waals surface area (Å²) in [5, 5.41) is 16.3. The van der Waals surface area contributed by atoms with E-state index in [0.717, 1.165) is 43.2 Å². The van der Waals surface area contributed by atoms with Crippen LogP contribution in [-0.4, -0.2) is 57.5 Å². The van der Waals surface area contributed by atoms with Crippen molar-refractivity contribution < 1.29 is 19.0 Å². The largest absolute Gasteiger partial charge is 0.465 e. The normalized spacial score (nSPS) is 23.7. The van der Waals surface area contributed by atoms with Gasteiger partial charge in [-0.2, -0.15) is 4.98 Å². The van der Waals surface area contributed by atoms with E-state index in [1.165, 1.54) is 0 Å². The molecular weight excluding hydrogens is 425 g/mol. The predicted octanol–water partition coefficient (Wildman–Crippen LogP) is 3.52. The van der Waals surface area contributed by atoms with Gasteiger partial charge in [-0.05, 0) is 62.6 Å². The molecule has 178 valence electrons. The molecule has 0 bridgehead atoms. The Hall–Kier alpha value is -2.81. The monoisotopic (exact) mass is 457 g/mol. The van der Waals surface area contributed by atoms with Gasteiger partial charge in [0.1, 0.15) is 12.0 Å². The number of carbonyl (C=O) groups excluding carboxylic acids is 1. The van der Waals surface area contributed by atoms with E-state index in [0.29, 0.717) is 36.9 Å². The van der Waals surface area contributed by atoms with E-state index in [1.54, 1.807) is 19.3 Å². The lowest BCUT2D eigenvalue weighted by atomic mass is 9.93. The molecule has 2 fully saturated rings. The number of nitrogens with zero attached hydrogens (tertiary/aromatic N) is 3. The van der Waals surface area contributed by atoms with Gasteiger partial charge in [-0.15, -0.1) is 0 Å². The van der Waals surface area contributed by atoms with Crippen LogP contribution in [0.15, 0.2) is 24.5 Å². The highest BCUT2D eigenvalue weighted by Gasteiger charge is 2.27. The second-order valence-corrected chi connectivity index (χ2v) is 8.90. The number of aromatic nitrogens is 3. The van der Waals surface area contributed by atoms with Crippen LogP contribution in [0, 0.1) is 5.92 Å². The second-order valence-electron chi connectivity index (χ2n) is 8.90. The van der Waals surface area contributed by atoms with E-state index in [1.807, 2.05) is 12.1 Å². The number of aliphatic hydroxyl groups excluding tert-OH is 1. The third kappa shape index (κ3) is 6.16. The van der Waals surface area contributed by atoms with Crippen LogP contribution in [0.5, 0.6) is 0 Å². The van der Waals surface area contributed by atoms with Crippen molar-refractivity contribution in [1.82, 2.24) is 15.0 Å². The Bertz CT molecular complexity index is 951. The third-order valence-electron chi connectivity index (χ3n) is 6.38. The Morgan fingerprint density at radius 1 is 1.24 bits per heavy atom. The average molecular weight is 458 g/mol. The zero-order valence-electron chi connectivity index (χ0n) is 19.0. The Kier molecular flexibility index (Phi) is 7.69. The number of ether oxygens (including phenoxy) is 1. The van der Waals surface area contributed by atoms with Crippen molar-refractivity contribution in [1.29, 1.82) is 0 Å². The summed E-state index contributed by atoms with van der Waals surface area (Å²) in [5.74, 6) is 0.720. The molecule has 3 N–H and O–H groups in total. The van der Waals surface area contributed by atoms with Crippen molar-refractivity contribution in [3.63, 3.8) is 0 Å². The fourth-order valence-corrected chi connectivity index (χ4v) is 4.28. The number of aliphatic hydroxyl groups is 1. The molecule has 2 aromatic heterocycles. The van der Waals surface area contributed by atoms with Crippen molar-refractivity contribution in [2.24, 2.45) is 5.92 Å². The first-order valence-electron chi connectivity index (χ1n) is 11.8. The minimum atomic E-state index is -0.967. The lowest BCUT2D eigenvalue weighted by molar-refractivity contribution is -0.141. The maximum absolute atomic E-state index is 13.7. The number of carbonyl (C=O) groups is 1. The molecule has 3 heterocycles. The molecule has 0 spiro atoms. The number of halogens is 1. The highest BCUT2D eigenvalue weighted by atomic mass is 19.1. The number of rotatable bonds is 9. The molecule has 1 saturated heterocycles. The van der Waals surface area contributed by atoms with Crippen molar-refractivity contribution >= 4 is 17.7 Å². The summed E-state index contributed by atoms with van der Waals surface area (Å²) in [4.78, 5) is 25.4. The number of pyridine rings is 1. The van der Waals surface area contributed by atoms with Crippen LogP contribution >= 0.6 is 0 Å². The highest BCUT2D eigenvalue weighted by Crippen LogP contribution is 2.30. The van der Waals surface area contributed by atoms with Gasteiger partial charge in [0.25, 0.3) is 0 Å². The Labute approximate surface area is 193 Å². The highest BCUT2D eigenvalue weighted by molar-refractivity contribution is 5.75. The fourth-order valence-electron chi connectivity index (χ4n) is 4.28. The summed E-state index contributed by atoms with van der Waals surface area (Å²) in [6, 6.07) is 4.05. The van der Waals surface area contributed by atoms with Gasteiger partial charge in [0.2, 0.25) is 5.95 Å². The van der Waals surface area contributed by atoms with Crippen LogP contribution in [0.3, 0.4) is 0 Å². The van der Waals surface area contributed by atoms with Gasteiger partial charge in [0.05, 0.1) is 29.9 Å². The molecule has 2 atom stereocenters. The molecule has 0 amide bonds. The standard InChI is InChI=1S/C24H32FN5O3/c1-2-17(25)13-27-24-28-14-20(22(30-24)29-18-3-5-19(31)6-4-18)21-12-15(7-9-26-21)11-16-8-10-33-23(16)32/h7,9,12,14,16-19,31H,2-6,8,10-11,13H2,1H3,(H2,27,28,29,30)/t16?,17-,18?,19?/m0/s1. The van der Waals surface area contributed by atoms with Crippen molar-refractivity contribution in [3.8, 4) is 11.3 Å². The molecule has 1 aliphatic carbocycles. The van der Waals surface area contributed by atoms with E-state index in [9.17, 15) is 14.3 Å². The van der Waals surface area contributed by atoms with Crippen LogP contribution < -0.4 is 10.6 Å². The maximum atomic E-state index is 13.7. The Morgan fingerprint density at radius 3 is 2.79 bits per heavy atom. The van der Waals surface area contributed by atoms with Crippen molar-refractivity contribution in [3.05, 3.63) is 30.1 Å². The molecule has 0 aromatic carbocycles. The van der Waals surface area contributed by atoms with E-state index in [2.05, 4.69) is 25.6 Å². The molecule has 9 heteroatoms. The third-order valence-corrected chi connectivity index (χ3v) is 6.38. The minimum Gasteiger partial charge on any atom is -0.465 e. The van der Waals surface area contributed by atoms with E-state index >= 15 is 0 Å². The molecule has 4 rings (SSSR count). The number of hydrogen-bond acceptors (Lipinski definition) is 8. The van der Waals surface area contributed by atoms with Gasteiger partial charge < -0.3 is 20.5 Å². The lowest BCUT2D eigenvalue weighted by Crippen LogP contribution is -2.29. The molecule has 0 radical (unpaired) electrons. The zero-order chi connectivity index (χ0) is 23.2. The summed E-state index contributed by atoms with van der Waals surface area (Å²) >= 11 is 0. The van der Waals surface area contributed by atoms with E-state index in [-0.39, 0.29) is 30.6 Å². The summed E-state index contributed by atoms with van der Waals surface area (Å²) in [5.41, 5.74) is 2.46. The predicted molar refractivity (Wildman–Crippen MR) is 124 cm³/mol. The quantitative estimate of drug-likeness (QED) is 0.491. The first-order valence-corrected chi connectivity index (χ1v) is 11.8. The number of hydrogen-bond donors (Lipinski definition) is 3. The number of anilines is 2. The molecule has 1 aliphatic heterocycles. The number of esters is 1. The summed E-state index contributed by atoms with van der Waals surface area (Å²) in [7, 11) is 0. The van der Waals surface area contributed by atoms with Gasteiger partial charge >= 0.3 is 5.97 Å². The van der Waals surface area contributed by atoms with Crippen LogP contribution in [0.1, 0.15) is 51.0 Å². The first kappa shape index (κ1) is 23.4. The Balaban J connectivity index is 1.57. The molecule has 33 heavy (non-hydrogen) atoms. The Morgan fingerprint density at radius 2 is 2.06 bits per heavy atom. The van der Waals surface area contributed by atoms with Gasteiger partial charge in [0, 0.05) is 25.0 Å². The molecular formula is C24H32FN5O3. The fraction of sp³-hybridized carbons (Fsp3) is 0.583. The topological polar surface area (TPSA) is 109 Å². The molecule has 1 unspecified atom stereocenters. The number of cyclic esters (lactones) is 1. The van der Waals surface area contributed by atoms with Crippen molar-refractivity contribution in [2.45, 2.75) is 70.2 Å². The SMILES string of the molecule is CC[C@H](F)CNc1ncc(-c2cc(CC3CCOC3=O)ccn2)c(NC2CCC(O)CC2)n1. The maximum Gasteiger partial charge on any atom is 0.309 e. The number of alkyl halides is 1. The van der Waals surface area contributed by atoms with Gasteiger partial charge in [-0.25, -0.2) is 9.37 Å². The van der Waals surface area contributed by atoms with Gasteiger partial charge in [0.15, 0.2) is 0 Å². The first-order chi connectivity index (χ1) is 16.0. The molecule has 1 saturated carbocycles. The average Bonchev–Trinajstić information content (AvgIpc) is 3.23. The van der Waals surface area contributed by atoms with E-state index < -0.39 is 6.17 Å². The van der Waals surface area contributed by atoms with Gasteiger partial charge in [-0.3, -0.25) is 9.78 Å². The van der Waals surface area contributed by atoms with Crippen LogP contribution in [0.25, 0.3) is 11.3 Å². The molecule has 2 aromatic rings. The molecule has 8 nitrogen and oxygen atoms in total. The lowest BCUT2D eigenvalue weighted by Gasteiger charge is -2.27. The number of nitrogens with one attached hydrogen (secondary N) is 2. The van der Waals surface area contributed by atoms with E-state index in [4.69, 9.17) is 4.74 Å².